The quantitative estimate of drug-likeness (QED) is 0.863. The third kappa shape index (κ3) is 2.54. The van der Waals surface area contributed by atoms with E-state index in [1.807, 2.05) is 6.92 Å². The first kappa shape index (κ1) is 11.8. The third-order valence-electron chi connectivity index (χ3n) is 2.24. The maximum atomic E-state index is 11.7. The zero-order valence-corrected chi connectivity index (χ0v) is 9.51. The number of anilines is 1. The molecule has 18 heavy (non-hydrogen) atoms. The van der Waals surface area contributed by atoms with Crippen LogP contribution in [-0.4, -0.2) is 22.0 Å². The Morgan fingerprint density at radius 2 is 2.17 bits per heavy atom. The van der Waals surface area contributed by atoms with E-state index >= 15 is 0 Å². The molecule has 0 aliphatic carbocycles. The van der Waals surface area contributed by atoms with Crippen molar-refractivity contribution in [2.45, 2.75) is 6.92 Å². The highest BCUT2D eigenvalue weighted by molar-refractivity contribution is 6.03. The van der Waals surface area contributed by atoms with E-state index in [9.17, 15) is 9.59 Å². The lowest BCUT2D eigenvalue weighted by molar-refractivity contribution is 0.0696. The van der Waals surface area contributed by atoms with Crippen LogP contribution in [0.15, 0.2) is 35.1 Å². The molecule has 0 fully saturated rings. The SMILES string of the molecule is Cc1ccc(NC(=O)c2cc(C(=O)O)co2)cn1. The van der Waals surface area contributed by atoms with Crippen LogP contribution in [0.4, 0.5) is 5.69 Å². The van der Waals surface area contributed by atoms with Crippen molar-refractivity contribution in [3.05, 3.63) is 47.7 Å². The van der Waals surface area contributed by atoms with E-state index in [-0.39, 0.29) is 11.3 Å². The fourth-order valence-electron chi connectivity index (χ4n) is 1.30. The Kier molecular flexibility index (Phi) is 3.09. The Hall–Kier alpha value is -2.63. The van der Waals surface area contributed by atoms with Crippen molar-refractivity contribution >= 4 is 17.6 Å². The van der Waals surface area contributed by atoms with Gasteiger partial charge in [-0.25, -0.2) is 4.79 Å². The molecule has 0 radical (unpaired) electrons. The number of nitrogens with one attached hydrogen (secondary N) is 1. The highest BCUT2D eigenvalue weighted by Crippen LogP contribution is 2.11. The first-order chi connectivity index (χ1) is 8.56. The molecule has 2 rings (SSSR count). The second-order valence-corrected chi connectivity index (χ2v) is 3.65. The summed E-state index contributed by atoms with van der Waals surface area (Å²) in [5, 5.41) is 11.2. The molecule has 0 aliphatic rings. The number of pyridine rings is 1. The van der Waals surface area contributed by atoms with E-state index in [1.54, 1.807) is 12.1 Å². The highest BCUT2D eigenvalue weighted by Gasteiger charge is 2.14. The van der Waals surface area contributed by atoms with E-state index in [0.717, 1.165) is 12.0 Å². The minimum atomic E-state index is -1.14. The van der Waals surface area contributed by atoms with Crippen LogP contribution in [0.2, 0.25) is 0 Å². The molecule has 0 aromatic carbocycles. The average Bonchev–Trinajstić information content (AvgIpc) is 2.81. The van der Waals surface area contributed by atoms with Crippen LogP contribution >= 0.6 is 0 Å². The summed E-state index contributed by atoms with van der Waals surface area (Å²) in [5.74, 6) is -1.73. The van der Waals surface area contributed by atoms with E-state index in [1.165, 1.54) is 12.3 Å². The second-order valence-electron chi connectivity index (χ2n) is 3.65. The molecule has 0 unspecified atom stereocenters. The lowest BCUT2D eigenvalue weighted by Gasteiger charge is -2.02. The molecule has 2 heterocycles. The summed E-state index contributed by atoms with van der Waals surface area (Å²) in [5.41, 5.74) is 1.28. The maximum Gasteiger partial charge on any atom is 0.338 e. The summed E-state index contributed by atoms with van der Waals surface area (Å²) in [7, 11) is 0. The summed E-state index contributed by atoms with van der Waals surface area (Å²) in [6.45, 7) is 1.83. The van der Waals surface area contributed by atoms with Gasteiger partial charge in [0, 0.05) is 11.8 Å². The molecular weight excluding hydrogens is 236 g/mol. The number of nitrogens with zero attached hydrogens (tertiary/aromatic N) is 1. The monoisotopic (exact) mass is 246 g/mol. The summed E-state index contributed by atoms with van der Waals surface area (Å²) in [6.07, 6.45) is 2.53. The number of rotatable bonds is 3. The van der Waals surface area contributed by atoms with E-state index < -0.39 is 11.9 Å². The third-order valence-corrected chi connectivity index (χ3v) is 2.24. The standard InChI is InChI=1S/C12H10N2O4/c1-7-2-3-9(5-13-7)14-11(15)10-4-8(6-18-10)12(16)17/h2-6H,1H3,(H,14,15)(H,16,17). The molecule has 0 atom stereocenters. The van der Waals surface area contributed by atoms with Gasteiger partial charge in [-0.15, -0.1) is 0 Å². The van der Waals surface area contributed by atoms with Crippen molar-refractivity contribution in [2.24, 2.45) is 0 Å². The molecular formula is C12H10N2O4. The summed E-state index contributed by atoms with van der Waals surface area (Å²) in [6, 6.07) is 4.61. The predicted molar refractivity (Wildman–Crippen MR) is 62.6 cm³/mol. The van der Waals surface area contributed by atoms with Gasteiger partial charge in [0.2, 0.25) is 0 Å². The number of furan rings is 1. The van der Waals surface area contributed by atoms with Gasteiger partial charge in [0.05, 0.1) is 17.4 Å². The molecule has 0 aliphatic heterocycles. The number of carbonyl (C=O) groups excluding carboxylic acids is 1. The molecule has 2 aromatic heterocycles. The van der Waals surface area contributed by atoms with Crippen LogP contribution in [0, 0.1) is 6.92 Å². The predicted octanol–water partition coefficient (Wildman–Crippen LogP) is 1.93. The summed E-state index contributed by atoms with van der Waals surface area (Å²) < 4.78 is 4.87. The Morgan fingerprint density at radius 3 is 2.72 bits per heavy atom. The van der Waals surface area contributed by atoms with Gasteiger partial charge in [-0.05, 0) is 19.1 Å². The Balaban J connectivity index is 2.11. The lowest BCUT2D eigenvalue weighted by atomic mass is 10.3. The van der Waals surface area contributed by atoms with Crippen molar-refractivity contribution in [1.82, 2.24) is 4.98 Å². The number of amides is 1. The van der Waals surface area contributed by atoms with Crippen LogP contribution in [0.25, 0.3) is 0 Å². The Morgan fingerprint density at radius 1 is 1.39 bits per heavy atom. The summed E-state index contributed by atoms with van der Waals surface area (Å²) >= 11 is 0. The molecule has 6 heteroatoms. The number of carboxylic acid groups (broad SMARTS) is 1. The van der Waals surface area contributed by atoms with Gasteiger partial charge in [0.25, 0.3) is 5.91 Å². The molecule has 0 saturated heterocycles. The minimum absolute atomic E-state index is 0.0621. The number of hydrogen-bond donors (Lipinski definition) is 2. The highest BCUT2D eigenvalue weighted by atomic mass is 16.4. The van der Waals surface area contributed by atoms with Gasteiger partial charge >= 0.3 is 5.97 Å². The van der Waals surface area contributed by atoms with Crippen LogP contribution in [-0.2, 0) is 0 Å². The van der Waals surface area contributed by atoms with Gasteiger partial charge in [-0.1, -0.05) is 0 Å². The van der Waals surface area contributed by atoms with Crippen molar-refractivity contribution in [3.8, 4) is 0 Å². The van der Waals surface area contributed by atoms with Crippen molar-refractivity contribution in [1.29, 1.82) is 0 Å². The van der Waals surface area contributed by atoms with Crippen LogP contribution in [0.1, 0.15) is 26.6 Å². The summed E-state index contributed by atoms with van der Waals surface area (Å²) in [4.78, 5) is 26.4. The minimum Gasteiger partial charge on any atom is -0.478 e. The molecule has 0 spiro atoms. The smallest absolute Gasteiger partial charge is 0.338 e. The average molecular weight is 246 g/mol. The maximum absolute atomic E-state index is 11.7. The van der Waals surface area contributed by atoms with Gasteiger partial charge in [-0.2, -0.15) is 0 Å². The topological polar surface area (TPSA) is 92.4 Å². The number of carboxylic acids is 1. The van der Waals surface area contributed by atoms with Gasteiger partial charge < -0.3 is 14.8 Å². The number of aromatic carboxylic acids is 1. The number of carbonyl (C=O) groups is 2. The second kappa shape index (κ2) is 4.70. The lowest BCUT2D eigenvalue weighted by Crippen LogP contribution is -2.11. The van der Waals surface area contributed by atoms with Crippen molar-refractivity contribution < 1.29 is 19.1 Å². The van der Waals surface area contributed by atoms with E-state index in [0.29, 0.717) is 5.69 Å². The van der Waals surface area contributed by atoms with E-state index in [2.05, 4.69) is 10.3 Å². The molecule has 6 nitrogen and oxygen atoms in total. The molecule has 2 N–H and O–H groups in total. The van der Waals surface area contributed by atoms with E-state index in [4.69, 9.17) is 9.52 Å². The fraction of sp³-hybridized carbons (Fsp3) is 0.0833. The molecule has 92 valence electrons. The Labute approximate surface area is 102 Å². The molecule has 2 aromatic rings. The number of aryl methyl sites for hydroxylation is 1. The van der Waals surface area contributed by atoms with Crippen LogP contribution in [0.5, 0.6) is 0 Å². The van der Waals surface area contributed by atoms with Gasteiger partial charge in [-0.3, -0.25) is 9.78 Å². The fourth-order valence-corrected chi connectivity index (χ4v) is 1.30. The largest absolute Gasteiger partial charge is 0.478 e. The first-order valence-electron chi connectivity index (χ1n) is 5.12. The Bertz CT molecular complexity index is 586. The molecule has 0 bridgehead atoms. The number of hydrogen-bond acceptors (Lipinski definition) is 4. The van der Waals surface area contributed by atoms with Gasteiger partial charge in [0.1, 0.15) is 6.26 Å². The molecule has 1 amide bonds. The first-order valence-corrected chi connectivity index (χ1v) is 5.12. The number of aromatic nitrogens is 1. The van der Waals surface area contributed by atoms with Crippen molar-refractivity contribution in [3.63, 3.8) is 0 Å². The zero-order valence-electron chi connectivity index (χ0n) is 9.51. The molecule has 0 saturated carbocycles. The van der Waals surface area contributed by atoms with Crippen LogP contribution in [0.3, 0.4) is 0 Å². The van der Waals surface area contributed by atoms with Gasteiger partial charge in [0.15, 0.2) is 5.76 Å². The van der Waals surface area contributed by atoms with Crippen molar-refractivity contribution in [2.75, 3.05) is 5.32 Å². The normalized spacial score (nSPS) is 10.1. The van der Waals surface area contributed by atoms with Crippen LogP contribution < -0.4 is 5.32 Å². The zero-order chi connectivity index (χ0) is 13.1.